The van der Waals surface area contributed by atoms with Gasteiger partial charge in [-0.2, -0.15) is 0 Å². The lowest BCUT2D eigenvalue weighted by atomic mass is 10.2. The molecule has 0 fully saturated rings. The minimum Gasteiger partial charge on any atom is -0.399 e. The summed E-state index contributed by atoms with van der Waals surface area (Å²) in [6, 6.07) is 14.2. The molecule has 7 heteroatoms. The van der Waals surface area contributed by atoms with Crippen LogP contribution in [0.2, 0.25) is 0 Å². The van der Waals surface area contributed by atoms with Crippen LogP contribution in [0.15, 0.2) is 54.6 Å². The molecule has 29 heavy (non-hydrogen) atoms. The number of hydrogen-bond donors (Lipinski definition) is 3. The van der Waals surface area contributed by atoms with Gasteiger partial charge in [-0.3, -0.25) is 0 Å². The molecule has 0 saturated heterocycles. The van der Waals surface area contributed by atoms with Gasteiger partial charge in [-0.15, -0.1) is 0 Å². The Morgan fingerprint density at radius 2 is 1.21 bits per heavy atom. The summed E-state index contributed by atoms with van der Waals surface area (Å²) in [5, 5.41) is 6.43. The maximum absolute atomic E-state index is 13.5. The van der Waals surface area contributed by atoms with E-state index in [9.17, 15) is 8.78 Å². The topological polar surface area (TPSA) is 75.9 Å². The molecule has 0 unspecified atom stereocenters. The first kappa shape index (κ1) is 18.6. The minimum atomic E-state index is -0.314. The lowest BCUT2D eigenvalue weighted by Crippen LogP contribution is -2.05. The highest BCUT2D eigenvalue weighted by Crippen LogP contribution is 2.30. The smallest absolute Gasteiger partial charge is 0.174 e. The van der Waals surface area contributed by atoms with Crippen LogP contribution in [-0.2, 0) is 0 Å². The van der Waals surface area contributed by atoms with Crippen LogP contribution in [0.4, 0.5) is 37.5 Å². The van der Waals surface area contributed by atoms with Crippen LogP contribution in [0.5, 0.6) is 0 Å². The van der Waals surface area contributed by atoms with Crippen molar-refractivity contribution in [3.05, 3.63) is 77.4 Å². The van der Waals surface area contributed by atoms with Crippen molar-refractivity contribution in [3.63, 3.8) is 0 Å². The summed E-state index contributed by atoms with van der Waals surface area (Å²) in [6.07, 6.45) is 0. The fourth-order valence-electron chi connectivity index (χ4n) is 3.04. The molecular formula is C22H19F2N5. The SMILES string of the molecule is Cc1cc(F)ccc1Nc1nc2ccc(N)cc2nc1Nc1ccc(F)cc1C. The average Bonchev–Trinajstić information content (AvgIpc) is 2.66. The number of halogens is 2. The largest absolute Gasteiger partial charge is 0.399 e. The number of aryl methyl sites for hydroxylation is 2. The van der Waals surface area contributed by atoms with E-state index in [1.54, 1.807) is 44.2 Å². The molecule has 1 heterocycles. The molecule has 146 valence electrons. The molecule has 0 spiro atoms. The predicted octanol–water partition coefficient (Wildman–Crippen LogP) is 5.59. The summed E-state index contributed by atoms with van der Waals surface area (Å²) in [5.74, 6) is 0.279. The van der Waals surface area contributed by atoms with Gasteiger partial charge in [0.25, 0.3) is 0 Å². The second kappa shape index (κ2) is 7.35. The first-order valence-corrected chi connectivity index (χ1v) is 9.03. The van der Waals surface area contributed by atoms with Crippen molar-refractivity contribution >= 4 is 39.7 Å². The molecule has 4 aromatic rings. The van der Waals surface area contributed by atoms with Gasteiger partial charge in [0.15, 0.2) is 11.6 Å². The van der Waals surface area contributed by atoms with E-state index in [4.69, 9.17) is 5.73 Å². The molecule has 0 aliphatic rings. The van der Waals surface area contributed by atoms with Crippen LogP contribution in [0.3, 0.4) is 0 Å². The minimum absolute atomic E-state index is 0.312. The lowest BCUT2D eigenvalue weighted by molar-refractivity contribution is 0.626. The Labute approximate surface area is 166 Å². The van der Waals surface area contributed by atoms with E-state index in [2.05, 4.69) is 20.6 Å². The van der Waals surface area contributed by atoms with Crippen molar-refractivity contribution in [1.29, 1.82) is 0 Å². The fraction of sp³-hybridized carbons (Fsp3) is 0.0909. The normalized spacial score (nSPS) is 10.9. The molecule has 0 amide bonds. The van der Waals surface area contributed by atoms with Gasteiger partial charge in [-0.25, -0.2) is 18.7 Å². The number of benzene rings is 3. The van der Waals surface area contributed by atoms with Gasteiger partial charge in [-0.1, -0.05) is 0 Å². The molecular weight excluding hydrogens is 372 g/mol. The fourth-order valence-corrected chi connectivity index (χ4v) is 3.04. The summed E-state index contributed by atoms with van der Waals surface area (Å²) in [7, 11) is 0. The van der Waals surface area contributed by atoms with Gasteiger partial charge in [-0.05, 0) is 79.6 Å². The average molecular weight is 391 g/mol. The van der Waals surface area contributed by atoms with E-state index >= 15 is 0 Å². The van der Waals surface area contributed by atoms with E-state index in [1.165, 1.54) is 24.3 Å². The Hall–Kier alpha value is -3.74. The zero-order valence-electron chi connectivity index (χ0n) is 15.9. The van der Waals surface area contributed by atoms with Gasteiger partial charge < -0.3 is 16.4 Å². The van der Waals surface area contributed by atoms with E-state index in [0.29, 0.717) is 39.7 Å². The molecule has 4 rings (SSSR count). The zero-order chi connectivity index (χ0) is 20.5. The third-order valence-corrected chi connectivity index (χ3v) is 4.57. The number of nitrogens with two attached hydrogens (primary N) is 1. The van der Waals surface area contributed by atoms with Crippen LogP contribution < -0.4 is 16.4 Å². The quantitative estimate of drug-likeness (QED) is 0.395. The Balaban J connectivity index is 1.82. The number of rotatable bonds is 4. The van der Waals surface area contributed by atoms with Crippen LogP contribution in [0, 0.1) is 25.5 Å². The molecule has 3 aromatic carbocycles. The molecule has 0 aliphatic carbocycles. The van der Waals surface area contributed by atoms with Crippen LogP contribution in [-0.4, -0.2) is 9.97 Å². The molecule has 0 bridgehead atoms. The number of nitrogen functional groups attached to an aromatic ring is 1. The number of aromatic nitrogens is 2. The Bertz CT molecular complexity index is 1220. The third kappa shape index (κ3) is 3.94. The Kier molecular flexibility index (Phi) is 4.72. The third-order valence-electron chi connectivity index (χ3n) is 4.57. The molecule has 0 saturated carbocycles. The van der Waals surface area contributed by atoms with Gasteiger partial charge in [0, 0.05) is 17.1 Å². The number of hydrogen-bond acceptors (Lipinski definition) is 5. The standard InChI is InChI=1S/C22H19F2N5/c1-12-9-14(23)3-6-17(12)26-21-22(27-18-7-4-15(24)10-13(18)2)29-20-11-16(25)5-8-19(20)28-21/h3-11H,25H2,1-2H3,(H,26,28)(H,27,29). The molecule has 4 N–H and O–H groups in total. The number of nitrogens with one attached hydrogen (secondary N) is 2. The van der Waals surface area contributed by atoms with Gasteiger partial charge in [0.05, 0.1) is 11.0 Å². The summed E-state index contributed by atoms with van der Waals surface area (Å²) in [5.41, 5.74) is 10.6. The highest BCUT2D eigenvalue weighted by molar-refractivity contribution is 5.85. The zero-order valence-corrected chi connectivity index (χ0v) is 15.9. The summed E-state index contributed by atoms with van der Waals surface area (Å²) in [4.78, 5) is 9.31. The summed E-state index contributed by atoms with van der Waals surface area (Å²) in [6.45, 7) is 3.60. The van der Waals surface area contributed by atoms with Crippen molar-refractivity contribution in [2.75, 3.05) is 16.4 Å². The van der Waals surface area contributed by atoms with Crippen molar-refractivity contribution in [1.82, 2.24) is 9.97 Å². The number of anilines is 5. The lowest BCUT2D eigenvalue weighted by Gasteiger charge is -2.16. The summed E-state index contributed by atoms with van der Waals surface area (Å²) < 4.78 is 26.9. The van der Waals surface area contributed by atoms with E-state index in [0.717, 1.165) is 11.1 Å². The van der Waals surface area contributed by atoms with Crippen LogP contribution in [0.25, 0.3) is 11.0 Å². The second-order valence-electron chi connectivity index (χ2n) is 6.84. The van der Waals surface area contributed by atoms with Gasteiger partial charge >= 0.3 is 0 Å². The van der Waals surface area contributed by atoms with Crippen LogP contribution >= 0.6 is 0 Å². The van der Waals surface area contributed by atoms with Gasteiger partial charge in [0.1, 0.15) is 11.6 Å². The van der Waals surface area contributed by atoms with Crippen LogP contribution in [0.1, 0.15) is 11.1 Å². The van der Waals surface area contributed by atoms with E-state index in [1.807, 2.05) is 0 Å². The number of nitrogens with zero attached hydrogens (tertiary/aromatic N) is 2. The van der Waals surface area contributed by atoms with E-state index in [-0.39, 0.29) is 11.6 Å². The van der Waals surface area contributed by atoms with Gasteiger partial charge in [0.2, 0.25) is 0 Å². The highest BCUT2D eigenvalue weighted by atomic mass is 19.1. The Morgan fingerprint density at radius 1 is 0.690 bits per heavy atom. The highest BCUT2D eigenvalue weighted by Gasteiger charge is 2.13. The van der Waals surface area contributed by atoms with E-state index < -0.39 is 0 Å². The molecule has 0 radical (unpaired) electrons. The maximum atomic E-state index is 13.5. The monoisotopic (exact) mass is 391 g/mol. The van der Waals surface area contributed by atoms with Crippen molar-refractivity contribution < 1.29 is 8.78 Å². The van der Waals surface area contributed by atoms with Crippen molar-refractivity contribution in [2.45, 2.75) is 13.8 Å². The second-order valence-corrected chi connectivity index (χ2v) is 6.84. The first-order chi connectivity index (χ1) is 13.9. The first-order valence-electron chi connectivity index (χ1n) is 9.03. The van der Waals surface area contributed by atoms with Crippen molar-refractivity contribution in [2.24, 2.45) is 0 Å². The number of fused-ring (bicyclic) bond motifs is 1. The summed E-state index contributed by atoms with van der Waals surface area (Å²) >= 11 is 0. The molecule has 1 aromatic heterocycles. The maximum Gasteiger partial charge on any atom is 0.174 e. The van der Waals surface area contributed by atoms with Crippen molar-refractivity contribution in [3.8, 4) is 0 Å². The molecule has 0 atom stereocenters. The molecule has 0 aliphatic heterocycles. The molecule has 5 nitrogen and oxygen atoms in total. The predicted molar refractivity (Wildman–Crippen MR) is 113 cm³/mol. The Morgan fingerprint density at radius 3 is 1.72 bits per heavy atom.